The Morgan fingerprint density at radius 3 is 2.18 bits per heavy atom. The Hall–Kier alpha value is -2.88. The molecule has 0 spiro atoms. The molecule has 9 nitrogen and oxygen atoms in total. The van der Waals surface area contributed by atoms with E-state index < -0.39 is 21.2 Å². The van der Waals surface area contributed by atoms with Crippen LogP contribution < -0.4 is 5.73 Å². The van der Waals surface area contributed by atoms with Crippen LogP contribution in [0.15, 0.2) is 51.1 Å². The molecule has 0 aliphatic carbocycles. The standard InChI is InChI=1S/C12H8BrN5O4/c13-10-5-9(17(19)20)6-11(18(21)22)12(10)16-15-8-3-1-7(14)2-4-8/h1-6H,14H2. The number of hydrogen-bond donors (Lipinski definition) is 1. The number of azo groups is 1. The molecule has 22 heavy (non-hydrogen) atoms. The largest absolute Gasteiger partial charge is 0.399 e. The lowest BCUT2D eigenvalue weighted by Crippen LogP contribution is -1.93. The fourth-order valence-corrected chi connectivity index (χ4v) is 2.08. The Kier molecular flexibility index (Phi) is 4.41. The highest BCUT2D eigenvalue weighted by atomic mass is 79.9. The Labute approximate surface area is 131 Å². The highest BCUT2D eigenvalue weighted by Crippen LogP contribution is 2.39. The molecule has 0 aliphatic rings. The van der Waals surface area contributed by atoms with Gasteiger partial charge in [-0.05, 0) is 40.2 Å². The minimum absolute atomic E-state index is 0.104. The van der Waals surface area contributed by atoms with Crippen LogP contribution in [0, 0.1) is 20.2 Å². The number of rotatable bonds is 4. The third kappa shape index (κ3) is 3.41. The second-order valence-electron chi connectivity index (χ2n) is 4.10. The fraction of sp³-hybridized carbons (Fsp3) is 0. The Morgan fingerprint density at radius 2 is 1.64 bits per heavy atom. The lowest BCUT2D eigenvalue weighted by Gasteiger charge is -2.00. The van der Waals surface area contributed by atoms with Crippen molar-refractivity contribution in [1.29, 1.82) is 0 Å². The Bertz CT molecular complexity index is 776. The number of anilines is 1. The molecule has 0 aromatic heterocycles. The summed E-state index contributed by atoms with van der Waals surface area (Å²) in [4.78, 5) is 20.3. The lowest BCUT2D eigenvalue weighted by atomic mass is 10.2. The molecule has 0 amide bonds. The topological polar surface area (TPSA) is 137 Å². The molecular formula is C12H8BrN5O4. The molecule has 2 N–H and O–H groups in total. The first-order valence-corrected chi connectivity index (χ1v) is 6.57. The zero-order valence-corrected chi connectivity index (χ0v) is 12.4. The summed E-state index contributed by atoms with van der Waals surface area (Å²) in [5.74, 6) is 0. The second-order valence-corrected chi connectivity index (χ2v) is 4.96. The monoisotopic (exact) mass is 365 g/mol. The zero-order chi connectivity index (χ0) is 16.3. The van der Waals surface area contributed by atoms with E-state index in [9.17, 15) is 20.2 Å². The number of nitro groups is 2. The molecule has 2 rings (SSSR count). The molecule has 0 atom stereocenters. The highest BCUT2D eigenvalue weighted by Gasteiger charge is 2.23. The van der Waals surface area contributed by atoms with Crippen molar-refractivity contribution in [3.8, 4) is 0 Å². The van der Waals surface area contributed by atoms with E-state index in [2.05, 4.69) is 26.2 Å². The van der Waals surface area contributed by atoms with Crippen LogP contribution in [0.3, 0.4) is 0 Å². The van der Waals surface area contributed by atoms with Gasteiger partial charge in [0.05, 0.1) is 26.1 Å². The van der Waals surface area contributed by atoms with E-state index in [1.807, 2.05) is 0 Å². The zero-order valence-electron chi connectivity index (χ0n) is 10.8. The van der Waals surface area contributed by atoms with Crippen molar-refractivity contribution in [3.05, 3.63) is 61.1 Å². The summed E-state index contributed by atoms with van der Waals surface area (Å²) in [5.41, 5.74) is 5.49. The van der Waals surface area contributed by atoms with Gasteiger partial charge >= 0.3 is 5.69 Å². The van der Waals surface area contributed by atoms with E-state index in [-0.39, 0.29) is 10.2 Å². The van der Waals surface area contributed by atoms with Crippen LogP contribution in [0.4, 0.5) is 28.4 Å². The van der Waals surface area contributed by atoms with Crippen LogP contribution in [0.25, 0.3) is 0 Å². The van der Waals surface area contributed by atoms with Crippen LogP contribution in [0.1, 0.15) is 0 Å². The molecule has 2 aromatic carbocycles. The normalized spacial score (nSPS) is 10.8. The average molecular weight is 366 g/mol. The van der Waals surface area contributed by atoms with Crippen LogP contribution in [-0.2, 0) is 0 Å². The van der Waals surface area contributed by atoms with Gasteiger partial charge in [-0.3, -0.25) is 20.2 Å². The maximum Gasteiger partial charge on any atom is 0.304 e. The van der Waals surface area contributed by atoms with Crippen LogP contribution in [-0.4, -0.2) is 9.85 Å². The van der Waals surface area contributed by atoms with E-state index in [1.165, 1.54) is 0 Å². The third-order valence-electron chi connectivity index (χ3n) is 2.59. The summed E-state index contributed by atoms with van der Waals surface area (Å²) in [6.07, 6.45) is 0. The van der Waals surface area contributed by atoms with Gasteiger partial charge in [0.1, 0.15) is 0 Å². The number of nitro benzene ring substituents is 2. The van der Waals surface area contributed by atoms with Gasteiger partial charge in [-0.2, -0.15) is 5.11 Å². The van der Waals surface area contributed by atoms with Crippen molar-refractivity contribution < 1.29 is 9.85 Å². The first-order valence-electron chi connectivity index (χ1n) is 5.78. The molecular weight excluding hydrogens is 358 g/mol. The molecule has 0 aliphatic heterocycles. The van der Waals surface area contributed by atoms with E-state index in [0.29, 0.717) is 11.4 Å². The summed E-state index contributed by atoms with van der Waals surface area (Å²) in [6.45, 7) is 0. The number of nitrogen functional groups attached to an aromatic ring is 1. The predicted octanol–water partition coefficient (Wildman–Crippen LogP) is 4.26. The van der Waals surface area contributed by atoms with Gasteiger partial charge in [-0.25, -0.2) is 0 Å². The minimum atomic E-state index is -0.755. The van der Waals surface area contributed by atoms with E-state index >= 15 is 0 Å². The van der Waals surface area contributed by atoms with Crippen molar-refractivity contribution in [3.63, 3.8) is 0 Å². The Morgan fingerprint density at radius 1 is 1.00 bits per heavy atom. The quantitative estimate of drug-likeness (QED) is 0.373. The molecule has 112 valence electrons. The van der Waals surface area contributed by atoms with Crippen molar-refractivity contribution in [2.45, 2.75) is 0 Å². The van der Waals surface area contributed by atoms with Crippen LogP contribution in [0.2, 0.25) is 0 Å². The predicted molar refractivity (Wildman–Crippen MR) is 82.5 cm³/mol. The maximum absolute atomic E-state index is 11.0. The SMILES string of the molecule is Nc1ccc(N=Nc2c(Br)cc([N+](=O)[O-])cc2[N+](=O)[O-])cc1. The van der Waals surface area contributed by atoms with Gasteiger partial charge < -0.3 is 5.73 Å². The second kappa shape index (κ2) is 6.26. The molecule has 0 fully saturated rings. The molecule has 0 saturated heterocycles. The van der Waals surface area contributed by atoms with Crippen molar-refractivity contribution >= 4 is 44.4 Å². The summed E-state index contributed by atoms with van der Waals surface area (Å²) < 4.78 is 0.104. The number of non-ortho nitro benzene ring substituents is 1. The summed E-state index contributed by atoms with van der Waals surface area (Å²) in [5, 5.41) is 29.5. The van der Waals surface area contributed by atoms with Crippen LogP contribution >= 0.6 is 15.9 Å². The molecule has 0 heterocycles. The van der Waals surface area contributed by atoms with E-state index in [1.54, 1.807) is 24.3 Å². The lowest BCUT2D eigenvalue weighted by molar-refractivity contribution is -0.393. The molecule has 0 bridgehead atoms. The fourth-order valence-electron chi connectivity index (χ4n) is 1.56. The minimum Gasteiger partial charge on any atom is -0.399 e. The van der Waals surface area contributed by atoms with E-state index in [4.69, 9.17) is 5.73 Å². The van der Waals surface area contributed by atoms with Gasteiger partial charge in [0.15, 0.2) is 5.69 Å². The van der Waals surface area contributed by atoms with Gasteiger partial charge in [0.25, 0.3) is 5.69 Å². The van der Waals surface area contributed by atoms with Crippen LogP contribution in [0.5, 0.6) is 0 Å². The van der Waals surface area contributed by atoms with Crippen molar-refractivity contribution in [1.82, 2.24) is 0 Å². The van der Waals surface area contributed by atoms with Gasteiger partial charge in [-0.1, -0.05) is 0 Å². The highest BCUT2D eigenvalue weighted by molar-refractivity contribution is 9.10. The first-order chi connectivity index (χ1) is 10.4. The number of hydrogen-bond acceptors (Lipinski definition) is 7. The number of benzene rings is 2. The van der Waals surface area contributed by atoms with Gasteiger partial charge in [0, 0.05) is 11.8 Å². The average Bonchev–Trinajstić information content (AvgIpc) is 2.46. The van der Waals surface area contributed by atoms with E-state index in [0.717, 1.165) is 12.1 Å². The number of nitrogens with two attached hydrogens (primary N) is 1. The van der Waals surface area contributed by atoms with Gasteiger partial charge in [-0.15, -0.1) is 5.11 Å². The molecule has 0 unspecified atom stereocenters. The first kappa shape index (κ1) is 15.5. The third-order valence-corrected chi connectivity index (χ3v) is 3.20. The number of nitrogens with zero attached hydrogens (tertiary/aromatic N) is 4. The molecule has 0 saturated carbocycles. The summed E-state index contributed by atoms with van der Waals surface area (Å²) in [6, 6.07) is 8.35. The molecule has 10 heteroatoms. The molecule has 0 radical (unpaired) electrons. The van der Waals surface area contributed by atoms with Gasteiger partial charge in [0.2, 0.25) is 0 Å². The summed E-state index contributed by atoms with van der Waals surface area (Å²) >= 11 is 3.04. The maximum atomic E-state index is 11.0. The summed E-state index contributed by atoms with van der Waals surface area (Å²) in [7, 11) is 0. The smallest absolute Gasteiger partial charge is 0.304 e. The number of halogens is 1. The van der Waals surface area contributed by atoms with Crippen molar-refractivity contribution in [2.75, 3.05) is 5.73 Å². The Balaban J connectivity index is 2.47. The van der Waals surface area contributed by atoms with Crippen molar-refractivity contribution in [2.24, 2.45) is 10.2 Å². The molecule has 2 aromatic rings.